The molecule has 0 radical (unpaired) electrons. The Morgan fingerprint density at radius 2 is 1.71 bits per heavy atom. The summed E-state index contributed by atoms with van der Waals surface area (Å²) < 4.78 is 22.9. The Hall–Kier alpha value is -4.57. The second-order valence-corrected chi connectivity index (χ2v) is 9.60. The van der Waals surface area contributed by atoms with Crippen molar-refractivity contribution in [3.05, 3.63) is 77.6 Å². The number of amides is 1. The van der Waals surface area contributed by atoms with Crippen molar-refractivity contribution in [3.63, 3.8) is 0 Å². The summed E-state index contributed by atoms with van der Waals surface area (Å²) in [6.07, 6.45) is 2.58. The minimum atomic E-state index is -0.578. The first-order chi connectivity index (χ1) is 19.9. The van der Waals surface area contributed by atoms with E-state index in [0.717, 1.165) is 16.8 Å². The van der Waals surface area contributed by atoms with Crippen molar-refractivity contribution in [1.29, 1.82) is 0 Å². The van der Waals surface area contributed by atoms with E-state index < -0.39 is 5.97 Å². The van der Waals surface area contributed by atoms with Gasteiger partial charge in [-0.1, -0.05) is 36.4 Å². The summed E-state index contributed by atoms with van der Waals surface area (Å²) in [5, 5.41) is 7.07. The molecule has 0 fully saturated rings. The lowest BCUT2D eigenvalue weighted by atomic mass is 10.1. The number of hydrogen-bond donors (Lipinski definition) is 2. The fourth-order valence-electron chi connectivity index (χ4n) is 4.80. The molecule has 2 heterocycles. The zero-order chi connectivity index (χ0) is 29.4. The SMILES string of the molecule is COCCn1c(C(=O)OC)c(NC(=O)Cc2ccccc2)c2cc(NC(C)Cc3ccc(OC)c(OC)c3)cnc21. The first-order valence-electron chi connectivity index (χ1n) is 13.3. The van der Waals surface area contributed by atoms with Gasteiger partial charge in [0.1, 0.15) is 5.65 Å². The largest absolute Gasteiger partial charge is 0.493 e. The second-order valence-electron chi connectivity index (χ2n) is 9.60. The molecule has 10 nitrogen and oxygen atoms in total. The van der Waals surface area contributed by atoms with Crippen LogP contribution in [0.5, 0.6) is 11.5 Å². The monoisotopic (exact) mass is 560 g/mol. The van der Waals surface area contributed by atoms with Gasteiger partial charge in [0.25, 0.3) is 0 Å². The fourth-order valence-corrected chi connectivity index (χ4v) is 4.80. The van der Waals surface area contributed by atoms with Crippen LogP contribution in [0.25, 0.3) is 11.0 Å². The van der Waals surface area contributed by atoms with E-state index in [1.165, 1.54) is 7.11 Å². The van der Waals surface area contributed by atoms with Crippen LogP contribution in [0.15, 0.2) is 60.8 Å². The van der Waals surface area contributed by atoms with Gasteiger partial charge in [-0.3, -0.25) is 4.79 Å². The standard InChI is InChI=1S/C31H36N4O6/c1-20(15-22-11-12-25(39-3)26(16-22)40-4)33-23-18-24-28(34-27(36)17-21-9-7-6-8-10-21)29(31(37)41-5)35(13-14-38-2)30(24)32-19-23/h6-12,16,18-20,33H,13-15,17H2,1-5H3,(H,34,36). The summed E-state index contributed by atoms with van der Waals surface area (Å²) in [6, 6.07) is 17.2. The van der Waals surface area contributed by atoms with Gasteiger partial charge in [-0.15, -0.1) is 0 Å². The van der Waals surface area contributed by atoms with Crippen LogP contribution in [-0.2, 0) is 33.7 Å². The molecule has 4 aromatic rings. The number of carbonyl (C=O) groups excluding carboxylic acids is 2. The highest BCUT2D eigenvalue weighted by Crippen LogP contribution is 2.33. The van der Waals surface area contributed by atoms with Crippen molar-refractivity contribution < 1.29 is 28.5 Å². The third-order valence-electron chi connectivity index (χ3n) is 6.67. The first-order valence-corrected chi connectivity index (χ1v) is 13.3. The molecular weight excluding hydrogens is 524 g/mol. The molecule has 0 saturated heterocycles. The van der Waals surface area contributed by atoms with Crippen LogP contribution in [0.1, 0.15) is 28.5 Å². The van der Waals surface area contributed by atoms with E-state index in [1.807, 2.05) is 54.6 Å². The molecule has 2 N–H and O–H groups in total. The first kappa shape index (κ1) is 29.4. The number of ether oxygens (including phenoxy) is 4. The van der Waals surface area contributed by atoms with Crippen molar-refractivity contribution in [3.8, 4) is 11.5 Å². The average molecular weight is 561 g/mol. The van der Waals surface area contributed by atoms with Gasteiger partial charge < -0.3 is 34.1 Å². The van der Waals surface area contributed by atoms with E-state index in [0.29, 0.717) is 47.8 Å². The Labute approximate surface area is 239 Å². The van der Waals surface area contributed by atoms with Gasteiger partial charge in [0.05, 0.1) is 51.9 Å². The molecule has 1 unspecified atom stereocenters. The summed E-state index contributed by atoms with van der Waals surface area (Å²) in [7, 11) is 6.12. The molecule has 0 saturated carbocycles. The third-order valence-corrected chi connectivity index (χ3v) is 6.67. The maximum absolute atomic E-state index is 13.1. The van der Waals surface area contributed by atoms with Crippen molar-refractivity contribution in [2.45, 2.75) is 32.4 Å². The van der Waals surface area contributed by atoms with Crippen molar-refractivity contribution in [2.24, 2.45) is 0 Å². The average Bonchev–Trinajstić information content (AvgIpc) is 3.27. The molecule has 0 spiro atoms. The Morgan fingerprint density at radius 1 is 0.951 bits per heavy atom. The van der Waals surface area contributed by atoms with Crippen molar-refractivity contribution in [1.82, 2.24) is 9.55 Å². The summed E-state index contributed by atoms with van der Waals surface area (Å²) in [5.41, 5.74) is 3.78. The Balaban J connectivity index is 1.67. The summed E-state index contributed by atoms with van der Waals surface area (Å²) in [4.78, 5) is 30.8. The van der Waals surface area contributed by atoms with Crippen LogP contribution in [0.2, 0.25) is 0 Å². The Morgan fingerprint density at radius 3 is 2.39 bits per heavy atom. The topological polar surface area (TPSA) is 113 Å². The number of methoxy groups -OCH3 is 4. The van der Waals surface area contributed by atoms with E-state index in [2.05, 4.69) is 22.5 Å². The second kappa shape index (κ2) is 13.7. The van der Waals surface area contributed by atoms with E-state index in [1.54, 1.807) is 32.1 Å². The number of nitrogens with one attached hydrogen (secondary N) is 2. The normalized spacial score (nSPS) is 11.6. The lowest BCUT2D eigenvalue weighted by Crippen LogP contribution is -2.19. The Bertz CT molecular complexity index is 1500. The Kier molecular flexibility index (Phi) is 9.81. The van der Waals surface area contributed by atoms with Gasteiger partial charge in [-0.2, -0.15) is 0 Å². The van der Waals surface area contributed by atoms with E-state index >= 15 is 0 Å². The molecule has 0 aliphatic heterocycles. The maximum atomic E-state index is 13.1. The summed E-state index contributed by atoms with van der Waals surface area (Å²) >= 11 is 0. The number of benzene rings is 2. The third kappa shape index (κ3) is 6.96. The van der Waals surface area contributed by atoms with Gasteiger partial charge in [0.2, 0.25) is 5.91 Å². The highest BCUT2D eigenvalue weighted by Gasteiger charge is 2.26. The van der Waals surface area contributed by atoms with Gasteiger partial charge in [-0.05, 0) is 42.7 Å². The van der Waals surface area contributed by atoms with E-state index in [-0.39, 0.29) is 24.1 Å². The number of esters is 1. The molecule has 0 aliphatic rings. The highest BCUT2D eigenvalue weighted by atomic mass is 16.5. The lowest BCUT2D eigenvalue weighted by molar-refractivity contribution is -0.115. The number of nitrogens with zero attached hydrogens (tertiary/aromatic N) is 2. The zero-order valence-corrected chi connectivity index (χ0v) is 24.0. The highest BCUT2D eigenvalue weighted by molar-refractivity contribution is 6.11. The van der Waals surface area contributed by atoms with Crippen LogP contribution < -0.4 is 20.1 Å². The van der Waals surface area contributed by atoms with Gasteiger partial charge in [-0.25, -0.2) is 9.78 Å². The van der Waals surface area contributed by atoms with Crippen LogP contribution in [0.4, 0.5) is 11.4 Å². The lowest BCUT2D eigenvalue weighted by Gasteiger charge is -2.17. The summed E-state index contributed by atoms with van der Waals surface area (Å²) in [5.74, 6) is 0.509. The van der Waals surface area contributed by atoms with Crippen molar-refractivity contribution in [2.75, 3.05) is 45.7 Å². The summed E-state index contributed by atoms with van der Waals surface area (Å²) in [6.45, 7) is 2.75. The fraction of sp³-hybridized carbons (Fsp3) is 0.323. The minimum Gasteiger partial charge on any atom is -0.493 e. The molecule has 2 aromatic heterocycles. The van der Waals surface area contributed by atoms with Gasteiger partial charge in [0.15, 0.2) is 17.2 Å². The smallest absolute Gasteiger partial charge is 0.356 e. The zero-order valence-electron chi connectivity index (χ0n) is 24.0. The number of fused-ring (bicyclic) bond motifs is 1. The molecule has 0 aliphatic carbocycles. The number of hydrogen-bond acceptors (Lipinski definition) is 8. The number of aromatic nitrogens is 2. The molecule has 1 amide bonds. The quantitative estimate of drug-likeness (QED) is 0.226. The van der Waals surface area contributed by atoms with Crippen LogP contribution in [-0.4, -0.2) is 62.5 Å². The number of anilines is 2. The predicted molar refractivity (Wildman–Crippen MR) is 158 cm³/mol. The van der Waals surface area contributed by atoms with Crippen LogP contribution in [0, 0.1) is 0 Å². The van der Waals surface area contributed by atoms with Gasteiger partial charge >= 0.3 is 5.97 Å². The molecule has 4 rings (SSSR count). The molecule has 216 valence electrons. The van der Waals surface area contributed by atoms with E-state index in [9.17, 15) is 9.59 Å². The van der Waals surface area contributed by atoms with Crippen molar-refractivity contribution >= 4 is 34.3 Å². The number of pyridine rings is 1. The van der Waals surface area contributed by atoms with E-state index in [4.69, 9.17) is 18.9 Å². The minimum absolute atomic E-state index is 0.0270. The molecule has 2 aromatic carbocycles. The van der Waals surface area contributed by atoms with Crippen LogP contribution >= 0.6 is 0 Å². The van der Waals surface area contributed by atoms with Crippen LogP contribution in [0.3, 0.4) is 0 Å². The molecule has 0 bridgehead atoms. The number of rotatable bonds is 13. The molecule has 41 heavy (non-hydrogen) atoms. The molecule has 10 heteroatoms. The molecular formula is C31H36N4O6. The maximum Gasteiger partial charge on any atom is 0.356 e. The van der Waals surface area contributed by atoms with Gasteiger partial charge in [0, 0.05) is 25.1 Å². The predicted octanol–water partition coefficient (Wildman–Crippen LogP) is 4.71. The number of carbonyl (C=O) groups is 2. The molecule has 1 atom stereocenters.